The van der Waals surface area contributed by atoms with Crippen LogP contribution >= 0.6 is 0 Å². The monoisotopic (exact) mass is 590 g/mol. The van der Waals surface area contributed by atoms with Crippen molar-refractivity contribution < 1.29 is 13.2 Å². The van der Waals surface area contributed by atoms with Crippen LogP contribution in [0.4, 0.5) is 17.1 Å². The van der Waals surface area contributed by atoms with Gasteiger partial charge < -0.3 is 9.64 Å². The van der Waals surface area contributed by atoms with Gasteiger partial charge >= 0.3 is 0 Å². The zero-order chi connectivity index (χ0) is 29.8. The fourth-order valence-corrected chi connectivity index (χ4v) is 6.71. The van der Waals surface area contributed by atoms with Gasteiger partial charge in [-0.15, -0.1) is 0 Å². The van der Waals surface area contributed by atoms with E-state index in [0.717, 1.165) is 72.6 Å². The Bertz CT molecular complexity index is 2300. The summed E-state index contributed by atoms with van der Waals surface area (Å²) in [6, 6.07) is 46.2. The first-order valence-electron chi connectivity index (χ1n) is 14.3. The molecule has 1 aliphatic heterocycles. The van der Waals surface area contributed by atoms with E-state index in [1.807, 2.05) is 48.5 Å². The number of sulfone groups is 1. The average molecular weight is 591 g/mol. The van der Waals surface area contributed by atoms with Gasteiger partial charge in [-0.2, -0.15) is 0 Å². The number of para-hydroxylation sites is 5. The van der Waals surface area contributed by atoms with Crippen molar-refractivity contribution in [1.82, 2.24) is 4.98 Å². The van der Waals surface area contributed by atoms with Crippen LogP contribution in [0.25, 0.3) is 44.1 Å². The summed E-state index contributed by atoms with van der Waals surface area (Å²) in [6.07, 6.45) is 1.22. The van der Waals surface area contributed by atoms with Crippen molar-refractivity contribution in [3.8, 4) is 33.9 Å². The van der Waals surface area contributed by atoms with Gasteiger partial charge in [0.05, 0.1) is 33.2 Å². The van der Waals surface area contributed by atoms with Gasteiger partial charge in [0.15, 0.2) is 21.3 Å². The van der Waals surface area contributed by atoms with Crippen molar-refractivity contribution in [3.63, 3.8) is 0 Å². The van der Waals surface area contributed by atoms with Gasteiger partial charge in [-0.05, 0) is 70.4 Å². The molecule has 1 aromatic heterocycles. The molecule has 212 valence electrons. The molecule has 7 aromatic rings. The largest absolute Gasteiger partial charge is 0.453 e. The molecule has 0 atom stereocenters. The fourth-order valence-electron chi connectivity index (χ4n) is 6.08. The number of rotatable bonds is 4. The number of hydrogen-bond acceptors (Lipinski definition) is 5. The van der Waals surface area contributed by atoms with E-state index in [1.54, 1.807) is 12.1 Å². The van der Waals surface area contributed by atoms with E-state index < -0.39 is 9.84 Å². The average Bonchev–Trinajstić information content (AvgIpc) is 3.06. The minimum Gasteiger partial charge on any atom is -0.453 e. The molecule has 0 aliphatic carbocycles. The molecule has 2 heterocycles. The van der Waals surface area contributed by atoms with Gasteiger partial charge in [0, 0.05) is 17.2 Å². The molecule has 6 aromatic carbocycles. The molecule has 0 N–H and O–H groups in total. The lowest BCUT2D eigenvalue weighted by molar-refractivity contribution is 0.477. The zero-order valence-electron chi connectivity index (χ0n) is 23.8. The van der Waals surface area contributed by atoms with E-state index in [0.29, 0.717) is 0 Å². The first kappa shape index (κ1) is 26.2. The SMILES string of the molecule is CS(=O)(=O)c1ccc(-c2cc(-c3cccc4ccccc34)c3cccc(N4c5ccccc5Oc5ccccc54)c3n2)cc1. The first-order valence-corrected chi connectivity index (χ1v) is 16.2. The summed E-state index contributed by atoms with van der Waals surface area (Å²) in [6.45, 7) is 0. The van der Waals surface area contributed by atoms with Crippen molar-refractivity contribution in [1.29, 1.82) is 0 Å². The van der Waals surface area contributed by atoms with Crippen LogP contribution in [0.5, 0.6) is 11.5 Å². The van der Waals surface area contributed by atoms with E-state index in [9.17, 15) is 8.42 Å². The van der Waals surface area contributed by atoms with Crippen LogP contribution in [-0.4, -0.2) is 19.7 Å². The highest BCUT2D eigenvalue weighted by Crippen LogP contribution is 2.52. The van der Waals surface area contributed by atoms with Crippen molar-refractivity contribution in [2.75, 3.05) is 11.2 Å². The molecule has 1 aliphatic rings. The molecule has 0 spiro atoms. The first-order chi connectivity index (χ1) is 21.5. The third kappa shape index (κ3) is 4.31. The van der Waals surface area contributed by atoms with Crippen LogP contribution in [-0.2, 0) is 9.84 Å². The Morgan fingerprint density at radius 1 is 0.591 bits per heavy atom. The Balaban J connectivity index is 1.45. The molecule has 0 saturated carbocycles. The van der Waals surface area contributed by atoms with Gasteiger partial charge in [0.25, 0.3) is 0 Å². The number of benzene rings is 6. The predicted octanol–water partition coefficient (Wildman–Crippen LogP) is 9.70. The minimum atomic E-state index is -3.33. The second-order valence-corrected chi connectivity index (χ2v) is 12.9. The Kier molecular flexibility index (Phi) is 6.00. The zero-order valence-corrected chi connectivity index (χ0v) is 24.6. The van der Waals surface area contributed by atoms with Crippen molar-refractivity contribution in [2.45, 2.75) is 4.90 Å². The number of hydrogen-bond donors (Lipinski definition) is 0. The smallest absolute Gasteiger partial charge is 0.175 e. The Hall–Kier alpha value is -5.46. The number of aromatic nitrogens is 1. The molecule has 0 unspecified atom stereocenters. The highest BCUT2D eigenvalue weighted by molar-refractivity contribution is 7.90. The summed E-state index contributed by atoms with van der Waals surface area (Å²) >= 11 is 0. The molecule has 0 saturated heterocycles. The molecule has 0 amide bonds. The van der Waals surface area contributed by atoms with Crippen LogP contribution in [0.15, 0.2) is 144 Å². The van der Waals surface area contributed by atoms with E-state index in [2.05, 4.69) is 83.8 Å². The summed E-state index contributed by atoms with van der Waals surface area (Å²) in [5, 5.41) is 3.31. The lowest BCUT2D eigenvalue weighted by Gasteiger charge is -2.33. The number of pyridine rings is 1. The van der Waals surface area contributed by atoms with Crippen molar-refractivity contribution >= 4 is 48.6 Å². The van der Waals surface area contributed by atoms with E-state index >= 15 is 0 Å². The summed E-state index contributed by atoms with van der Waals surface area (Å²) in [4.78, 5) is 7.78. The summed E-state index contributed by atoms with van der Waals surface area (Å²) in [5.41, 5.74) is 7.33. The summed E-state index contributed by atoms with van der Waals surface area (Å²) < 4.78 is 30.7. The van der Waals surface area contributed by atoms with Crippen LogP contribution in [0.3, 0.4) is 0 Å². The van der Waals surface area contributed by atoms with E-state index in [-0.39, 0.29) is 4.90 Å². The third-order valence-electron chi connectivity index (χ3n) is 8.15. The minimum absolute atomic E-state index is 0.276. The Labute approximate surface area is 255 Å². The lowest BCUT2D eigenvalue weighted by Crippen LogP contribution is -2.16. The van der Waals surface area contributed by atoms with E-state index in [4.69, 9.17) is 9.72 Å². The van der Waals surface area contributed by atoms with Gasteiger partial charge in [0.2, 0.25) is 0 Å². The van der Waals surface area contributed by atoms with Crippen LogP contribution < -0.4 is 9.64 Å². The topological polar surface area (TPSA) is 59.5 Å². The fraction of sp³-hybridized carbons (Fsp3) is 0.0263. The quantitative estimate of drug-likeness (QED) is 0.204. The molecule has 0 bridgehead atoms. The summed E-state index contributed by atoms with van der Waals surface area (Å²) in [5.74, 6) is 1.54. The number of ether oxygens (including phenoxy) is 1. The highest BCUT2D eigenvalue weighted by atomic mass is 32.2. The van der Waals surface area contributed by atoms with Gasteiger partial charge in [0.1, 0.15) is 0 Å². The summed E-state index contributed by atoms with van der Waals surface area (Å²) in [7, 11) is -3.33. The maximum atomic E-state index is 12.2. The second kappa shape index (κ2) is 10.1. The Morgan fingerprint density at radius 2 is 1.18 bits per heavy atom. The lowest BCUT2D eigenvalue weighted by atomic mass is 9.93. The predicted molar refractivity (Wildman–Crippen MR) is 178 cm³/mol. The number of nitrogens with zero attached hydrogens (tertiary/aromatic N) is 2. The number of anilines is 3. The van der Waals surface area contributed by atoms with Crippen LogP contribution in [0, 0.1) is 0 Å². The molecule has 8 rings (SSSR count). The second-order valence-electron chi connectivity index (χ2n) is 10.9. The Morgan fingerprint density at radius 3 is 1.91 bits per heavy atom. The van der Waals surface area contributed by atoms with Crippen LogP contribution in [0.2, 0.25) is 0 Å². The maximum absolute atomic E-state index is 12.2. The molecule has 44 heavy (non-hydrogen) atoms. The van der Waals surface area contributed by atoms with Gasteiger partial charge in [-0.25, -0.2) is 13.4 Å². The number of fused-ring (bicyclic) bond motifs is 4. The molecule has 5 nitrogen and oxygen atoms in total. The van der Waals surface area contributed by atoms with Crippen molar-refractivity contribution in [2.24, 2.45) is 0 Å². The van der Waals surface area contributed by atoms with Gasteiger partial charge in [-0.3, -0.25) is 0 Å². The van der Waals surface area contributed by atoms with E-state index in [1.165, 1.54) is 6.26 Å². The molecular weight excluding hydrogens is 564 g/mol. The molecule has 0 fully saturated rings. The van der Waals surface area contributed by atoms with Gasteiger partial charge in [-0.1, -0.05) is 91.0 Å². The standard InChI is InChI=1S/C38H26N2O3S/c1-44(41,42)27-22-20-26(21-23-27)32-24-31(29-13-8-11-25-10-2-3-12-28(25)29)30-14-9-17-35(38(30)39-32)40-33-15-4-6-18-36(33)43-37-19-7-5-16-34(37)40/h2-24H,1H3. The normalized spacial score (nSPS) is 12.5. The molecular formula is C38H26N2O3S. The highest BCUT2D eigenvalue weighted by Gasteiger charge is 2.27. The van der Waals surface area contributed by atoms with Crippen LogP contribution in [0.1, 0.15) is 0 Å². The maximum Gasteiger partial charge on any atom is 0.175 e. The molecule has 6 heteroatoms. The van der Waals surface area contributed by atoms with Crippen molar-refractivity contribution in [3.05, 3.63) is 140 Å². The third-order valence-corrected chi connectivity index (χ3v) is 9.28. The molecule has 0 radical (unpaired) electrons.